The van der Waals surface area contributed by atoms with Gasteiger partial charge >= 0.3 is 0 Å². The highest BCUT2D eigenvalue weighted by molar-refractivity contribution is 8.00. The average Bonchev–Trinajstić information content (AvgIpc) is 2.55. The van der Waals surface area contributed by atoms with Crippen LogP contribution in [-0.4, -0.2) is 17.7 Å². The molecule has 0 radical (unpaired) electrons. The molecule has 0 spiro atoms. The molecule has 0 heterocycles. The molecule has 1 aliphatic carbocycles. The van der Waals surface area contributed by atoms with Gasteiger partial charge in [0.15, 0.2) is 0 Å². The first-order valence-electron chi connectivity index (χ1n) is 8.24. The lowest BCUT2D eigenvalue weighted by Gasteiger charge is -2.29. The summed E-state index contributed by atoms with van der Waals surface area (Å²) in [6.07, 6.45) is 4.84. The average molecular weight is 348 g/mol. The number of nitrogens with one attached hydrogen (secondary N) is 1. The molecule has 0 aromatic heterocycles. The molecule has 1 saturated carbocycles. The molecule has 1 fully saturated rings. The Labute approximate surface area is 147 Å². The zero-order chi connectivity index (χ0) is 16.2. The molecule has 0 saturated heterocycles. The standard InChI is InChI=1S/C19H22ClNOS/c1-13-6-2-3-10-16(13)21-18(22)12-23-17-11-5-8-14-7-4-9-15(20)19(14)17/h4-5,7-9,11,13,16H,2-3,6,10,12H2,1H3,(H,21,22)/t13-,16+/m0/s1. The summed E-state index contributed by atoms with van der Waals surface area (Å²) in [5.41, 5.74) is 0. The quantitative estimate of drug-likeness (QED) is 0.762. The summed E-state index contributed by atoms with van der Waals surface area (Å²) < 4.78 is 0. The van der Waals surface area contributed by atoms with E-state index >= 15 is 0 Å². The monoisotopic (exact) mass is 347 g/mol. The van der Waals surface area contributed by atoms with E-state index < -0.39 is 0 Å². The second kappa shape index (κ2) is 7.59. The number of carbonyl (C=O) groups is 1. The van der Waals surface area contributed by atoms with Gasteiger partial charge in [0.1, 0.15) is 0 Å². The summed E-state index contributed by atoms with van der Waals surface area (Å²) in [5.74, 6) is 1.15. The molecule has 3 rings (SSSR count). The Morgan fingerprint density at radius 1 is 1.22 bits per heavy atom. The highest BCUT2D eigenvalue weighted by Crippen LogP contribution is 2.33. The van der Waals surface area contributed by atoms with E-state index in [4.69, 9.17) is 11.6 Å². The molecule has 0 aliphatic heterocycles. The second-order valence-corrected chi connectivity index (χ2v) is 7.74. The van der Waals surface area contributed by atoms with Crippen molar-refractivity contribution in [2.75, 3.05) is 5.75 Å². The van der Waals surface area contributed by atoms with E-state index in [0.29, 0.717) is 17.7 Å². The summed E-state index contributed by atoms with van der Waals surface area (Å²) in [4.78, 5) is 13.4. The Morgan fingerprint density at radius 2 is 1.96 bits per heavy atom. The molecular formula is C19H22ClNOS. The molecule has 23 heavy (non-hydrogen) atoms. The molecule has 2 aromatic carbocycles. The molecule has 2 atom stereocenters. The Hall–Kier alpha value is -1.19. The number of carbonyl (C=O) groups excluding carboxylic acids is 1. The summed E-state index contributed by atoms with van der Waals surface area (Å²) in [7, 11) is 0. The fraction of sp³-hybridized carbons (Fsp3) is 0.421. The number of fused-ring (bicyclic) bond motifs is 1. The Kier molecular flexibility index (Phi) is 5.50. The molecule has 4 heteroatoms. The third-order valence-corrected chi connectivity index (χ3v) is 6.00. The van der Waals surface area contributed by atoms with Gasteiger partial charge in [-0.05, 0) is 36.3 Å². The van der Waals surface area contributed by atoms with Gasteiger partial charge < -0.3 is 5.32 Å². The minimum atomic E-state index is 0.123. The van der Waals surface area contributed by atoms with Crippen molar-refractivity contribution in [2.24, 2.45) is 5.92 Å². The smallest absolute Gasteiger partial charge is 0.230 e. The van der Waals surface area contributed by atoms with Crippen LogP contribution in [0.4, 0.5) is 0 Å². The van der Waals surface area contributed by atoms with Crippen LogP contribution in [0.25, 0.3) is 10.8 Å². The minimum absolute atomic E-state index is 0.123. The molecule has 0 unspecified atom stereocenters. The summed E-state index contributed by atoms with van der Waals surface area (Å²) in [5, 5.41) is 6.11. The van der Waals surface area contributed by atoms with Crippen molar-refractivity contribution in [3.8, 4) is 0 Å². The largest absolute Gasteiger partial charge is 0.352 e. The van der Waals surface area contributed by atoms with Gasteiger partial charge in [0, 0.05) is 21.3 Å². The third-order valence-electron chi connectivity index (χ3n) is 4.63. The first-order chi connectivity index (χ1) is 11.1. The molecular weight excluding hydrogens is 326 g/mol. The first-order valence-corrected chi connectivity index (χ1v) is 9.61. The van der Waals surface area contributed by atoms with Gasteiger partial charge in [-0.1, -0.05) is 55.6 Å². The molecule has 122 valence electrons. The van der Waals surface area contributed by atoms with E-state index in [1.807, 2.05) is 24.3 Å². The number of benzene rings is 2. The van der Waals surface area contributed by atoms with Gasteiger partial charge in [0.25, 0.3) is 0 Å². The SMILES string of the molecule is C[C@H]1CCCC[C@H]1NC(=O)CSc1cccc2cccc(Cl)c12. The van der Waals surface area contributed by atoms with Crippen LogP contribution in [0.5, 0.6) is 0 Å². The van der Waals surface area contributed by atoms with Crippen molar-refractivity contribution in [3.05, 3.63) is 41.4 Å². The Morgan fingerprint density at radius 3 is 2.74 bits per heavy atom. The van der Waals surface area contributed by atoms with Crippen molar-refractivity contribution in [1.29, 1.82) is 0 Å². The summed E-state index contributed by atoms with van der Waals surface area (Å²) >= 11 is 7.90. The normalized spacial score (nSPS) is 21.3. The summed E-state index contributed by atoms with van der Waals surface area (Å²) in [6, 6.07) is 12.4. The topological polar surface area (TPSA) is 29.1 Å². The molecule has 0 bridgehead atoms. The maximum Gasteiger partial charge on any atom is 0.230 e. The predicted molar refractivity (Wildman–Crippen MR) is 99.2 cm³/mol. The molecule has 2 nitrogen and oxygen atoms in total. The first kappa shape index (κ1) is 16.7. The number of hydrogen-bond acceptors (Lipinski definition) is 2. The predicted octanol–water partition coefficient (Wildman–Crippen LogP) is 5.28. The third kappa shape index (κ3) is 4.02. The molecule has 1 aliphatic rings. The van der Waals surface area contributed by atoms with Gasteiger partial charge in [-0.2, -0.15) is 0 Å². The summed E-state index contributed by atoms with van der Waals surface area (Å²) in [6.45, 7) is 2.24. The number of hydrogen-bond donors (Lipinski definition) is 1. The Balaban J connectivity index is 1.65. The lowest BCUT2D eigenvalue weighted by atomic mass is 9.86. The van der Waals surface area contributed by atoms with E-state index in [2.05, 4.69) is 24.4 Å². The van der Waals surface area contributed by atoms with E-state index in [-0.39, 0.29) is 5.91 Å². The molecule has 1 amide bonds. The van der Waals surface area contributed by atoms with Crippen LogP contribution in [0.15, 0.2) is 41.3 Å². The number of thioether (sulfide) groups is 1. The van der Waals surface area contributed by atoms with E-state index in [1.165, 1.54) is 19.3 Å². The van der Waals surface area contributed by atoms with Crippen molar-refractivity contribution in [2.45, 2.75) is 43.5 Å². The fourth-order valence-electron chi connectivity index (χ4n) is 3.30. The maximum absolute atomic E-state index is 12.3. The number of amides is 1. The highest BCUT2D eigenvalue weighted by Gasteiger charge is 2.22. The van der Waals surface area contributed by atoms with Crippen LogP contribution in [0, 0.1) is 5.92 Å². The van der Waals surface area contributed by atoms with Gasteiger partial charge in [0.2, 0.25) is 5.91 Å². The lowest BCUT2D eigenvalue weighted by Crippen LogP contribution is -2.41. The van der Waals surface area contributed by atoms with Crippen LogP contribution in [-0.2, 0) is 4.79 Å². The fourth-order valence-corrected chi connectivity index (χ4v) is 4.56. The van der Waals surface area contributed by atoms with Gasteiger partial charge in [-0.25, -0.2) is 0 Å². The highest BCUT2D eigenvalue weighted by atomic mass is 35.5. The van der Waals surface area contributed by atoms with Crippen molar-refractivity contribution < 1.29 is 4.79 Å². The van der Waals surface area contributed by atoms with Gasteiger partial charge in [-0.3, -0.25) is 4.79 Å². The number of rotatable bonds is 4. The molecule has 1 N–H and O–H groups in total. The van der Waals surface area contributed by atoms with Crippen LogP contribution in [0.1, 0.15) is 32.6 Å². The maximum atomic E-state index is 12.3. The minimum Gasteiger partial charge on any atom is -0.352 e. The van der Waals surface area contributed by atoms with E-state index in [0.717, 1.165) is 27.1 Å². The van der Waals surface area contributed by atoms with Crippen LogP contribution in [0.2, 0.25) is 5.02 Å². The van der Waals surface area contributed by atoms with Crippen LogP contribution >= 0.6 is 23.4 Å². The van der Waals surface area contributed by atoms with Crippen molar-refractivity contribution in [1.82, 2.24) is 5.32 Å². The van der Waals surface area contributed by atoms with E-state index in [9.17, 15) is 4.79 Å². The van der Waals surface area contributed by atoms with Gasteiger partial charge in [0.05, 0.1) is 5.75 Å². The number of halogens is 1. The van der Waals surface area contributed by atoms with Crippen LogP contribution < -0.4 is 5.32 Å². The van der Waals surface area contributed by atoms with Crippen molar-refractivity contribution >= 4 is 40.0 Å². The second-order valence-electron chi connectivity index (χ2n) is 6.32. The molecule has 2 aromatic rings. The zero-order valence-electron chi connectivity index (χ0n) is 13.3. The van der Waals surface area contributed by atoms with Crippen molar-refractivity contribution in [3.63, 3.8) is 0 Å². The lowest BCUT2D eigenvalue weighted by molar-refractivity contribution is -0.119. The van der Waals surface area contributed by atoms with Crippen LogP contribution in [0.3, 0.4) is 0 Å². The zero-order valence-corrected chi connectivity index (χ0v) is 14.9. The van der Waals surface area contributed by atoms with E-state index in [1.54, 1.807) is 11.8 Å². The Bertz CT molecular complexity index is 698. The van der Waals surface area contributed by atoms with Gasteiger partial charge in [-0.15, -0.1) is 11.8 Å².